The van der Waals surface area contributed by atoms with E-state index in [2.05, 4.69) is 34.2 Å². The summed E-state index contributed by atoms with van der Waals surface area (Å²) in [6, 6.07) is 8.29. The van der Waals surface area contributed by atoms with Crippen molar-refractivity contribution in [2.75, 3.05) is 18.5 Å². The maximum atomic E-state index is 8.93. The Labute approximate surface area is 110 Å². The van der Waals surface area contributed by atoms with Crippen LogP contribution < -0.4 is 5.32 Å². The average Bonchev–Trinajstić information content (AvgIpc) is 2.31. The van der Waals surface area contributed by atoms with Gasteiger partial charge < -0.3 is 10.1 Å². The van der Waals surface area contributed by atoms with Crippen LogP contribution >= 0.6 is 15.9 Å². The molecule has 4 heteroatoms. The smallest absolute Gasteiger partial charge is 0.0992 e. The molecule has 0 aromatic heterocycles. The Balaban J connectivity index is 2.12. The number of nitrogens with one attached hydrogen (secondary N) is 1. The fraction of sp³-hybridized carbons (Fsp3) is 0.462. The van der Waals surface area contributed by atoms with Crippen LogP contribution in [0.1, 0.15) is 18.9 Å². The zero-order chi connectivity index (χ0) is 12.3. The van der Waals surface area contributed by atoms with Crippen LogP contribution in [0.4, 0.5) is 5.69 Å². The van der Waals surface area contributed by atoms with Crippen LogP contribution in [0.5, 0.6) is 0 Å². The van der Waals surface area contributed by atoms with Gasteiger partial charge in [0.2, 0.25) is 0 Å². The number of hydrogen-bond donors (Lipinski definition) is 1. The van der Waals surface area contributed by atoms with Crippen molar-refractivity contribution >= 4 is 21.6 Å². The quantitative estimate of drug-likeness (QED) is 0.911. The highest BCUT2D eigenvalue weighted by molar-refractivity contribution is 9.10. The van der Waals surface area contributed by atoms with Gasteiger partial charge in [-0.2, -0.15) is 5.26 Å². The van der Waals surface area contributed by atoms with Crippen molar-refractivity contribution in [3.63, 3.8) is 0 Å². The monoisotopic (exact) mass is 294 g/mol. The summed E-state index contributed by atoms with van der Waals surface area (Å²) in [5.74, 6) is 0.494. The van der Waals surface area contributed by atoms with Gasteiger partial charge in [-0.25, -0.2) is 0 Å². The van der Waals surface area contributed by atoms with Crippen LogP contribution in [0.25, 0.3) is 0 Å². The Bertz CT molecular complexity index is 442. The van der Waals surface area contributed by atoms with Gasteiger partial charge in [0, 0.05) is 22.8 Å². The van der Waals surface area contributed by atoms with E-state index in [-0.39, 0.29) is 0 Å². The molecule has 2 rings (SSSR count). The van der Waals surface area contributed by atoms with Crippen molar-refractivity contribution in [3.8, 4) is 6.07 Å². The molecule has 1 aliphatic rings. The molecule has 3 nitrogen and oxygen atoms in total. The molecular formula is C13H15BrN2O. The lowest BCUT2D eigenvalue weighted by Crippen LogP contribution is -2.35. The third-order valence-electron chi connectivity index (χ3n) is 3.02. The molecular weight excluding hydrogens is 280 g/mol. The maximum absolute atomic E-state index is 8.93. The van der Waals surface area contributed by atoms with Gasteiger partial charge >= 0.3 is 0 Å². The first-order chi connectivity index (χ1) is 8.19. The number of rotatable bonds is 2. The Morgan fingerprint density at radius 3 is 3.00 bits per heavy atom. The van der Waals surface area contributed by atoms with Crippen LogP contribution in [0.15, 0.2) is 22.7 Å². The highest BCUT2D eigenvalue weighted by Gasteiger charge is 2.21. The molecule has 1 fully saturated rings. The van der Waals surface area contributed by atoms with Crippen LogP contribution in [0, 0.1) is 17.2 Å². The van der Waals surface area contributed by atoms with Gasteiger partial charge in [0.25, 0.3) is 0 Å². The van der Waals surface area contributed by atoms with E-state index in [1.165, 1.54) is 0 Å². The van der Waals surface area contributed by atoms with E-state index in [1.54, 1.807) is 0 Å². The topological polar surface area (TPSA) is 45.0 Å². The van der Waals surface area contributed by atoms with Gasteiger partial charge in [-0.3, -0.25) is 0 Å². The van der Waals surface area contributed by atoms with E-state index in [9.17, 15) is 0 Å². The predicted molar refractivity (Wildman–Crippen MR) is 70.9 cm³/mol. The van der Waals surface area contributed by atoms with Crippen molar-refractivity contribution in [2.45, 2.75) is 19.4 Å². The molecule has 2 atom stereocenters. The van der Waals surface area contributed by atoms with E-state index < -0.39 is 0 Å². The molecule has 0 amide bonds. The molecule has 2 unspecified atom stereocenters. The molecule has 0 aliphatic carbocycles. The summed E-state index contributed by atoms with van der Waals surface area (Å²) in [6.07, 6.45) is 1.01. The molecule has 1 N–H and O–H groups in total. The number of ether oxygens (including phenoxy) is 1. The van der Waals surface area contributed by atoms with Gasteiger partial charge in [0.15, 0.2) is 0 Å². The van der Waals surface area contributed by atoms with E-state index in [1.807, 2.05) is 18.2 Å². The zero-order valence-corrected chi connectivity index (χ0v) is 11.3. The molecule has 1 aliphatic heterocycles. The zero-order valence-electron chi connectivity index (χ0n) is 9.74. The van der Waals surface area contributed by atoms with E-state index in [0.29, 0.717) is 17.5 Å². The number of nitriles is 1. The Morgan fingerprint density at radius 1 is 1.47 bits per heavy atom. The minimum absolute atomic E-state index is 0.421. The van der Waals surface area contributed by atoms with Gasteiger partial charge in [-0.1, -0.05) is 22.9 Å². The van der Waals surface area contributed by atoms with Gasteiger partial charge in [-0.15, -0.1) is 0 Å². The largest absolute Gasteiger partial charge is 0.382 e. The predicted octanol–water partition coefficient (Wildman–Crippen LogP) is 3.16. The second-order valence-corrected chi connectivity index (χ2v) is 5.35. The highest BCUT2D eigenvalue weighted by Crippen LogP contribution is 2.23. The summed E-state index contributed by atoms with van der Waals surface area (Å²) < 4.78 is 6.35. The average molecular weight is 295 g/mol. The summed E-state index contributed by atoms with van der Waals surface area (Å²) in [5.41, 5.74) is 1.66. The Hall–Kier alpha value is -1.05. The highest BCUT2D eigenvalue weighted by atomic mass is 79.9. The van der Waals surface area contributed by atoms with Crippen molar-refractivity contribution in [2.24, 2.45) is 5.92 Å². The molecule has 90 valence electrons. The SMILES string of the molecule is CC1COCCC1Nc1cc(Br)cc(C#N)c1. The first kappa shape index (κ1) is 12.4. The summed E-state index contributed by atoms with van der Waals surface area (Å²) >= 11 is 3.42. The first-order valence-electron chi connectivity index (χ1n) is 5.74. The fourth-order valence-electron chi connectivity index (χ4n) is 2.05. The first-order valence-corrected chi connectivity index (χ1v) is 6.53. The van der Waals surface area contributed by atoms with Crippen LogP contribution in [-0.4, -0.2) is 19.3 Å². The van der Waals surface area contributed by atoms with Crippen LogP contribution in [-0.2, 0) is 4.74 Å². The van der Waals surface area contributed by atoms with E-state index in [0.717, 1.165) is 29.8 Å². The number of nitrogens with zero attached hydrogens (tertiary/aromatic N) is 1. The molecule has 0 spiro atoms. The van der Waals surface area contributed by atoms with Gasteiger partial charge in [0.1, 0.15) is 0 Å². The molecule has 1 saturated heterocycles. The number of benzene rings is 1. The standard InChI is InChI=1S/C13H15BrN2O/c1-9-8-17-3-2-13(9)16-12-5-10(7-15)4-11(14)6-12/h4-6,9,13,16H,2-3,8H2,1H3. The summed E-state index contributed by atoms with van der Waals surface area (Å²) in [4.78, 5) is 0. The lowest BCUT2D eigenvalue weighted by Gasteiger charge is -2.30. The fourth-order valence-corrected chi connectivity index (χ4v) is 2.54. The number of anilines is 1. The van der Waals surface area contributed by atoms with Crippen molar-refractivity contribution < 1.29 is 4.74 Å². The molecule has 17 heavy (non-hydrogen) atoms. The molecule has 1 aromatic carbocycles. The van der Waals surface area contributed by atoms with Crippen LogP contribution in [0.3, 0.4) is 0 Å². The lowest BCUT2D eigenvalue weighted by atomic mass is 9.97. The second-order valence-electron chi connectivity index (χ2n) is 4.43. The van der Waals surface area contributed by atoms with E-state index >= 15 is 0 Å². The Morgan fingerprint density at radius 2 is 2.29 bits per heavy atom. The maximum Gasteiger partial charge on any atom is 0.0992 e. The minimum Gasteiger partial charge on any atom is -0.382 e. The number of halogens is 1. The van der Waals surface area contributed by atoms with Gasteiger partial charge in [-0.05, 0) is 30.5 Å². The molecule has 0 radical (unpaired) electrons. The summed E-state index contributed by atoms with van der Waals surface area (Å²) in [5, 5.41) is 12.4. The number of hydrogen-bond acceptors (Lipinski definition) is 3. The minimum atomic E-state index is 0.421. The van der Waals surface area contributed by atoms with Crippen molar-refractivity contribution in [3.05, 3.63) is 28.2 Å². The molecule has 0 saturated carbocycles. The summed E-state index contributed by atoms with van der Waals surface area (Å²) in [7, 11) is 0. The van der Waals surface area contributed by atoms with Crippen molar-refractivity contribution in [1.29, 1.82) is 5.26 Å². The second kappa shape index (κ2) is 5.52. The van der Waals surface area contributed by atoms with Gasteiger partial charge in [0.05, 0.1) is 18.2 Å². The lowest BCUT2D eigenvalue weighted by molar-refractivity contribution is 0.0538. The summed E-state index contributed by atoms with van der Waals surface area (Å²) in [6.45, 7) is 3.79. The Kier molecular flexibility index (Phi) is 4.03. The van der Waals surface area contributed by atoms with Crippen LogP contribution in [0.2, 0.25) is 0 Å². The van der Waals surface area contributed by atoms with Crippen molar-refractivity contribution in [1.82, 2.24) is 0 Å². The molecule has 1 aromatic rings. The molecule has 0 bridgehead atoms. The normalized spacial score (nSPS) is 24.1. The van der Waals surface area contributed by atoms with E-state index in [4.69, 9.17) is 10.00 Å². The third kappa shape index (κ3) is 3.21. The third-order valence-corrected chi connectivity index (χ3v) is 3.48. The molecule has 1 heterocycles.